The standard InChI is InChI=1S/C27H23BrN2O5/c28-16-9-10-21(24(31)29-15-27(11-12-27)25(32)33)23(13-16)30-26(34)35-14-22-19-7-3-1-5-17(19)18-6-2-4-8-20(18)22/h1-10,13,22H,11-12,14-15H2,(H,29,31)(H,30,34)(H,32,33). The fourth-order valence-electron chi connectivity index (χ4n) is 4.52. The zero-order valence-corrected chi connectivity index (χ0v) is 20.3. The van der Waals surface area contributed by atoms with Crippen molar-refractivity contribution in [3.8, 4) is 11.1 Å². The molecule has 2 aliphatic carbocycles. The highest BCUT2D eigenvalue weighted by atomic mass is 79.9. The van der Waals surface area contributed by atoms with E-state index >= 15 is 0 Å². The first-order chi connectivity index (χ1) is 16.9. The second-order valence-electron chi connectivity index (χ2n) is 8.91. The van der Waals surface area contributed by atoms with Crippen molar-refractivity contribution in [2.75, 3.05) is 18.5 Å². The van der Waals surface area contributed by atoms with Crippen LogP contribution in [0.5, 0.6) is 0 Å². The average molecular weight is 535 g/mol. The zero-order chi connectivity index (χ0) is 24.6. The molecule has 178 valence electrons. The number of carbonyl (C=O) groups is 3. The summed E-state index contributed by atoms with van der Waals surface area (Å²) in [4.78, 5) is 36.9. The van der Waals surface area contributed by atoms with Gasteiger partial charge in [-0.05, 0) is 53.3 Å². The number of carboxylic acids is 1. The molecule has 3 N–H and O–H groups in total. The van der Waals surface area contributed by atoms with Crippen molar-refractivity contribution in [2.24, 2.45) is 5.41 Å². The third-order valence-electron chi connectivity index (χ3n) is 6.70. The lowest BCUT2D eigenvalue weighted by Gasteiger charge is -2.16. The quantitative estimate of drug-likeness (QED) is 0.376. The first kappa shape index (κ1) is 23.1. The van der Waals surface area contributed by atoms with Crippen LogP contribution >= 0.6 is 15.9 Å². The zero-order valence-electron chi connectivity index (χ0n) is 18.7. The minimum atomic E-state index is -0.911. The fraction of sp³-hybridized carbons (Fsp3) is 0.222. The molecule has 0 radical (unpaired) electrons. The highest BCUT2D eigenvalue weighted by molar-refractivity contribution is 9.10. The van der Waals surface area contributed by atoms with Gasteiger partial charge >= 0.3 is 12.1 Å². The Labute approximate surface area is 210 Å². The van der Waals surface area contributed by atoms with Crippen molar-refractivity contribution in [2.45, 2.75) is 18.8 Å². The predicted molar refractivity (Wildman–Crippen MR) is 134 cm³/mol. The normalized spacial score (nSPS) is 15.0. The number of ether oxygens (including phenoxy) is 1. The summed E-state index contributed by atoms with van der Waals surface area (Å²) in [5, 5.41) is 14.7. The molecule has 3 aromatic rings. The Bertz CT molecular complexity index is 1290. The predicted octanol–water partition coefficient (Wildman–Crippen LogP) is 5.40. The second-order valence-corrected chi connectivity index (χ2v) is 9.82. The molecule has 0 unspecified atom stereocenters. The molecule has 2 aliphatic rings. The van der Waals surface area contributed by atoms with E-state index in [-0.39, 0.29) is 30.3 Å². The number of hydrogen-bond donors (Lipinski definition) is 3. The summed E-state index contributed by atoms with van der Waals surface area (Å²) < 4.78 is 6.27. The van der Waals surface area contributed by atoms with Gasteiger partial charge in [-0.1, -0.05) is 64.5 Å². The number of carbonyl (C=O) groups excluding carboxylic acids is 2. The van der Waals surface area contributed by atoms with Crippen LogP contribution in [0.1, 0.15) is 40.2 Å². The maximum Gasteiger partial charge on any atom is 0.411 e. The summed E-state index contributed by atoms with van der Waals surface area (Å²) in [5.74, 6) is -1.45. The lowest BCUT2D eigenvalue weighted by Crippen LogP contribution is -2.34. The van der Waals surface area contributed by atoms with Gasteiger partial charge < -0.3 is 15.2 Å². The molecule has 0 atom stereocenters. The smallest absolute Gasteiger partial charge is 0.411 e. The maximum absolute atomic E-state index is 12.8. The van der Waals surface area contributed by atoms with Crippen LogP contribution < -0.4 is 10.6 Å². The summed E-state index contributed by atoms with van der Waals surface area (Å²) in [7, 11) is 0. The van der Waals surface area contributed by atoms with Gasteiger partial charge in [0.1, 0.15) is 6.61 Å². The molecule has 0 aliphatic heterocycles. The Kier molecular flexibility index (Phi) is 6.06. The number of carboxylic acid groups (broad SMARTS) is 1. The monoisotopic (exact) mass is 534 g/mol. The van der Waals surface area contributed by atoms with Crippen LogP contribution in [0.25, 0.3) is 11.1 Å². The van der Waals surface area contributed by atoms with Gasteiger partial charge in [0.25, 0.3) is 5.91 Å². The average Bonchev–Trinajstić information content (AvgIpc) is 3.58. The third kappa shape index (κ3) is 4.53. The van der Waals surface area contributed by atoms with Crippen LogP contribution in [0.4, 0.5) is 10.5 Å². The first-order valence-electron chi connectivity index (χ1n) is 11.3. The number of anilines is 1. The van der Waals surface area contributed by atoms with E-state index in [0.29, 0.717) is 17.3 Å². The number of rotatable bonds is 7. The van der Waals surface area contributed by atoms with Crippen molar-refractivity contribution >= 4 is 39.6 Å². The van der Waals surface area contributed by atoms with Crippen LogP contribution in [0, 0.1) is 5.41 Å². The molecule has 0 spiro atoms. The van der Waals surface area contributed by atoms with Gasteiger partial charge in [0.15, 0.2) is 0 Å². The van der Waals surface area contributed by atoms with Crippen molar-refractivity contribution < 1.29 is 24.2 Å². The van der Waals surface area contributed by atoms with E-state index in [0.717, 1.165) is 22.3 Å². The number of nitrogens with one attached hydrogen (secondary N) is 2. The molecule has 0 aromatic heterocycles. The number of benzene rings is 3. The largest absolute Gasteiger partial charge is 0.481 e. The van der Waals surface area contributed by atoms with Crippen molar-refractivity contribution in [3.05, 3.63) is 87.9 Å². The fourth-order valence-corrected chi connectivity index (χ4v) is 4.89. The van der Waals surface area contributed by atoms with Gasteiger partial charge in [-0.3, -0.25) is 14.9 Å². The van der Waals surface area contributed by atoms with Crippen molar-refractivity contribution in [1.29, 1.82) is 0 Å². The van der Waals surface area contributed by atoms with Gasteiger partial charge in [-0.25, -0.2) is 4.79 Å². The van der Waals surface area contributed by atoms with Crippen LogP contribution in [-0.4, -0.2) is 36.2 Å². The lowest BCUT2D eigenvalue weighted by molar-refractivity contribution is -0.143. The second kappa shape index (κ2) is 9.19. The van der Waals surface area contributed by atoms with Gasteiger partial charge in [0.2, 0.25) is 0 Å². The molecule has 7 nitrogen and oxygen atoms in total. The summed E-state index contributed by atoms with van der Waals surface area (Å²) >= 11 is 3.36. The lowest BCUT2D eigenvalue weighted by atomic mass is 9.98. The number of aliphatic carboxylic acids is 1. The van der Waals surface area contributed by atoms with Crippen LogP contribution in [0.2, 0.25) is 0 Å². The molecule has 0 heterocycles. The molecule has 8 heteroatoms. The topological polar surface area (TPSA) is 105 Å². The molecular weight excluding hydrogens is 512 g/mol. The molecule has 3 aromatic carbocycles. The summed E-state index contributed by atoms with van der Waals surface area (Å²) in [5.41, 5.74) is 4.10. The van der Waals surface area contributed by atoms with E-state index < -0.39 is 23.4 Å². The summed E-state index contributed by atoms with van der Waals surface area (Å²) in [6.45, 7) is 0.193. The van der Waals surface area contributed by atoms with E-state index in [9.17, 15) is 19.5 Å². The first-order valence-corrected chi connectivity index (χ1v) is 12.1. The Morgan fingerprint density at radius 2 is 1.60 bits per heavy atom. The Morgan fingerprint density at radius 3 is 2.20 bits per heavy atom. The maximum atomic E-state index is 12.8. The van der Waals surface area contributed by atoms with E-state index in [1.807, 2.05) is 36.4 Å². The van der Waals surface area contributed by atoms with E-state index in [2.05, 4.69) is 38.7 Å². The molecule has 5 rings (SSSR count). The van der Waals surface area contributed by atoms with E-state index in [1.165, 1.54) is 0 Å². The Balaban J connectivity index is 1.27. The molecule has 0 saturated heterocycles. The van der Waals surface area contributed by atoms with E-state index in [4.69, 9.17) is 4.74 Å². The van der Waals surface area contributed by atoms with Crippen LogP contribution in [0.3, 0.4) is 0 Å². The summed E-state index contributed by atoms with van der Waals surface area (Å²) in [6.07, 6.45) is 0.393. The number of hydrogen-bond acceptors (Lipinski definition) is 4. The minimum Gasteiger partial charge on any atom is -0.481 e. The highest BCUT2D eigenvalue weighted by Crippen LogP contribution is 2.45. The van der Waals surface area contributed by atoms with Gasteiger partial charge in [0.05, 0.1) is 16.7 Å². The Morgan fingerprint density at radius 1 is 0.971 bits per heavy atom. The molecule has 1 fully saturated rings. The highest BCUT2D eigenvalue weighted by Gasteiger charge is 2.50. The number of halogens is 1. The third-order valence-corrected chi connectivity index (χ3v) is 7.19. The SMILES string of the molecule is O=C(Nc1cc(Br)ccc1C(=O)NCC1(C(=O)O)CC1)OCC1c2ccccc2-c2ccccc21. The molecule has 35 heavy (non-hydrogen) atoms. The molecular formula is C27H23BrN2O5. The van der Waals surface area contributed by atoms with Crippen LogP contribution in [0.15, 0.2) is 71.2 Å². The summed E-state index contributed by atoms with van der Waals surface area (Å²) in [6, 6.07) is 21.0. The van der Waals surface area contributed by atoms with Gasteiger partial charge in [0, 0.05) is 16.9 Å². The molecule has 2 amide bonds. The number of amides is 2. The van der Waals surface area contributed by atoms with E-state index in [1.54, 1.807) is 18.2 Å². The Hall–Kier alpha value is -3.65. The molecule has 0 bridgehead atoms. The number of fused-ring (bicyclic) bond motifs is 3. The minimum absolute atomic E-state index is 0.0433. The molecule has 1 saturated carbocycles. The van der Waals surface area contributed by atoms with Crippen LogP contribution in [-0.2, 0) is 9.53 Å². The van der Waals surface area contributed by atoms with Gasteiger partial charge in [-0.2, -0.15) is 0 Å². The van der Waals surface area contributed by atoms with Crippen molar-refractivity contribution in [1.82, 2.24) is 5.32 Å². The van der Waals surface area contributed by atoms with Crippen molar-refractivity contribution in [3.63, 3.8) is 0 Å². The van der Waals surface area contributed by atoms with Gasteiger partial charge in [-0.15, -0.1) is 0 Å².